The Hall–Kier alpha value is -3.91. The maximum absolute atomic E-state index is 12.3. The monoisotopic (exact) mass is 575 g/mol. The summed E-state index contributed by atoms with van der Waals surface area (Å²) in [5.74, 6) is -0.828. The summed E-state index contributed by atoms with van der Waals surface area (Å²) in [4.78, 5) is 35.8. The molecule has 0 aliphatic carbocycles. The number of aliphatic carboxylic acids is 1. The number of ether oxygens (including phenoxy) is 8. The summed E-state index contributed by atoms with van der Waals surface area (Å²) in [7, 11) is 4.31. The molecule has 0 spiro atoms. The molecule has 0 aromatic heterocycles. The van der Waals surface area contributed by atoms with Gasteiger partial charge in [-0.1, -0.05) is 6.07 Å². The largest absolute Gasteiger partial charge is 0.493 e. The summed E-state index contributed by atoms with van der Waals surface area (Å²) < 4.78 is 45.9. The van der Waals surface area contributed by atoms with Crippen LogP contribution in [0.2, 0.25) is 0 Å². The van der Waals surface area contributed by atoms with Gasteiger partial charge in [-0.25, -0.2) is 9.59 Å². The van der Waals surface area contributed by atoms with E-state index in [0.29, 0.717) is 28.4 Å². The van der Waals surface area contributed by atoms with Crippen LogP contribution in [-0.4, -0.2) is 87.6 Å². The van der Waals surface area contributed by atoms with E-state index < -0.39 is 60.9 Å². The van der Waals surface area contributed by atoms with Crippen molar-refractivity contribution in [3.8, 4) is 17.2 Å². The minimum atomic E-state index is -1.25. The van der Waals surface area contributed by atoms with Gasteiger partial charge in [0.15, 0.2) is 23.9 Å². The fourth-order valence-electron chi connectivity index (χ4n) is 4.61. The molecule has 13 heteroatoms. The third-order valence-electron chi connectivity index (χ3n) is 6.63. The number of hydrogen-bond donors (Lipinski definition) is 2. The number of carbonyl (C=O) groups excluding carboxylic acids is 2. The average molecular weight is 576 g/mol. The predicted octanol–water partition coefficient (Wildman–Crippen LogP) is 2.07. The molecular formula is C28H33NO12. The van der Waals surface area contributed by atoms with Crippen LogP contribution >= 0.6 is 0 Å². The van der Waals surface area contributed by atoms with E-state index in [2.05, 4.69) is 5.32 Å². The van der Waals surface area contributed by atoms with Gasteiger partial charge in [0.1, 0.15) is 30.1 Å². The Bertz CT molecular complexity index is 1240. The van der Waals surface area contributed by atoms with Crippen molar-refractivity contribution in [2.75, 3.05) is 27.9 Å². The van der Waals surface area contributed by atoms with Crippen molar-refractivity contribution < 1.29 is 57.4 Å². The predicted molar refractivity (Wildman–Crippen MR) is 140 cm³/mol. The second-order valence-electron chi connectivity index (χ2n) is 9.36. The van der Waals surface area contributed by atoms with Crippen molar-refractivity contribution in [2.24, 2.45) is 0 Å². The van der Waals surface area contributed by atoms with Crippen molar-refractivity contribution in [1.29, 1.82) is 0 Å². The van der Waals surface area contributed by atoms with Crippen LogP contribution in [0.1, 0.15) is 36.1 Å². The summed E-state index contributed by atoms with van der Waals surface area (Å²) in [6, 6.07) is 10.3. The number of carboxylic acid groups (broad SMARTS) is 1. The molecule has 41 heavy (non-hydrogen) atoms. The minimum absolute atomic E-state index is 0.0406. The van der Waals surface area contributed by atoms with Gasteiger partial charge < -0.3 is 48.3 Å². The first-order valence-corrected chi connectivity index (χ1v) is 12.8. The second kappa shape index (κ2) is 13.2. The molecule has 0 saturated carbocycles. The molecule has 1 amide bonds. The second-order valence-corrected chi connectivity index (χ2v) is 9.36. The highest BCUT2D eigenvalue weighted by Gasteiger charge is 2.53. The number of methoxy groups -OCH3 is 3. The lowest BCUT2D eigenvalue weighted by Crippen LogP contribution is -2.68. The summed E-state index contributed by atoms with van der Waals surface area (Å²) >= 11 is 0. The number of carboxylic acids is 1. The molecule has 7 atom stereocenters. The maximum Gasteiger partial charge on any atom is 0.337 e. The van der Waals surface area contributed by atoms with Crippen LogP contribution in [0, 0.1) is 0 Å². The molecule has 2 heterocycles. The van der Waals surface area contributed by atoms with Gasteiger partial charge >= 0.3 is 11.9 Å². The van der Waals surface area contributed by atoms with Gasteiger partial charge in [-0.3, -0.25) is 4.79 Å². The molecule has 7 unspecified atom stereocenters. The zero-order valence-corrected chi connectivity index (χ0v) is 23.2. The molecule has 2 fully saturated rings. The lowest BCUT2D eigenvalue weighted by Gasteiger charge is -2.49. The quantitative estimate of drug-likeness (QED) is 0.398. The molecule has 2 aliphatic rings. The van der Waals surface area contributed by atoms with Crippen LogP contribution < -0.4 is 19.5 Å². The Balaban J connectivity index is 1.64. The molecule has 0 bridgehead atoms. The lowest BCUT2D eigenvalue weighted by atomic mass is 9.95. The van der Waals surface area contributed by atoms with Crippen molar-refractivity contribution in [3.63, 3.8) is 0 Å². The van der Waals surface area contributed by atoms with Crippen molar-refractivity contribution in [1.82, 2.24) is 5.32 Å². The van der Waals surface area contributed by atoms with E-state index in [1.54, 1.807) is 30.3 Å². The lowest BCUT2D eigenvalue weighted by molar-refractivity contribution is -0.340. The Morgan fingerprint density at radius 2 is 1.71 bits per heavy atom. The molecule has 2 saturated heterocycles. The Kier molecular flexibility index (Phi) is 9.65. The number of nitrogens with one attached hydrogen (secondary N) is 1. The average Bonchev–Trinajstić information content (AvgIpc) is 2.97. The molecule has 2 aromatic rings. The number of esters is 1. The first-order valence-electron chi connectivity index (χ1n) is 12.8. The van der Waals surface area contributed by atoms with Gasteiger partial charge in [0.2, 0.25) is 12.2 Å². The maximum atomic E-state index is 12.3. The third-order valence-corrected chi connectivity index (χ3v) is 6.63. The fraction of sp³-hybridized carbons (Fsp3) is 0.464. The van der Waals surface area contributed by atoms with E-state index in [4.69, 9.17) is 37.9 Å². The minimum Gasteiger partial charge on any atom is -0.493 e. The van der Waals surface area contributed by atoms with Crippen molar-refractivity contribution in [3.05, 3.63) is 53.6 Å². The third kappa shape index (κ3) is 6.88. The molecule has 4 rings (SSSR count). The number of amides is 1. The molecule has 2 aliphatic heterocycles. The van der Waals surface area contributed by atoms with E-state index in [-0.39, 0.29) is 6.61 Å². The van der Waals surface area contributed by atoms with Gasteiger partial charge in [0.25, 0.3) is 0 Å². The number of fused-ring (bicyclic) bond motifs is 1. The van der Waals surface area contributed by atoms with E-state index in [0.717, 1.165) is 0 Å². The van der Waals surface area contributed by atoms with Crippen LogP contribution in [-0.2, 0) is 33.3 Å². The summed E-state index contributed by atoms with van der Waals surface area (Å²) in [5.41, 5.74) is 0.931. The van der Waals surface area contributed by atoms with Crippen LogP contribution in [0.15, 0.2) is 42.5 Å². The zero-order valence-electron chi connectivity index (χ0n) is 23.2. The standard InChI is InChI=1S/C28H33NO12/c1-14(25(31)32)38-24-22(29-15(2)30)28(39-18-9-6-16(7-10-18)26(33)36-5)40-21-13-37-27(41-23(21)24)17-8-11-19(34-3)20(12-17)35-4/h6-12,14,21-24,27-28H,13H2,1-5H3,(H,29,30)(H,31,32). The Morgan fingerprint density at radius 3 is 2.32 bits per heavy atom. The first-order chi connectivity index (χ1) is 19.6. The van der Waals surface area contributed by atoms with Gasteiger partial charge in [-0.05, 0) is 43.3 Å². The van der Waals surface area contributed by atoms with E-state index >= 15 is 0 Å². The van der Waals surface area contributed by atoms with Crippen LogP contribution in [0.5, 0.6) is 17.2 Å². The van der Waals surface area contributed by atoms with Crippen molar-refractivity contribution in [2.45, 2.75) is 56.9 Å². The highest BCUT2D eigenvalue weighted by Crippen LogP contribution is 2.39. The number of carbonyl (C=O) groups is 3. The number of benzene rings is 2. The smallest absolute Gasteiger partial charge is 0.337 e. The Labute approximate surface area is 236 Å². The van der Waals surface area contributed by atoms with Gasteiger partial charge in [-0.2, -0.15) is 0 Å². The van der Waals surface area contributed by atoms with Gasteiger partial charge in [-0.15, -0.1) is 0 Å². The molecular weight excluding hydrogens is 542 g/mol. The molecule has 13 nitrogen and oxygen atoms in total. The summed E-state index contributed by atoms with van der Waals surface area (Å²) in [5, 5.41) is 12.4. The highest BCUT2D eigenvalue weighted by molar-refractivity contribution is 5.89. The molecule has 222 valence electrons. The van der Waals surface area contributed by atoms with Crippen LogP contribution in [0.25, 0.3) is 0 Å². The van der Waals surface area contributed by atoms with Gasteiger partial charge in [0.05, 0.1) is 33.5 Å². The van der Waals surface area contributed by atoms with Crippen LogP contribution in [0.3, 0.4) is 0 Å². The van der Waals surface area contributed by atoms with E-state index in [1.165, 1.54) is 47.3 Å². The van der Waals surface area contributed by atoms with Crippen molar-refractivity contribution >= 4 is 17.8 Å². The first kappa shape index (κ1) is 30.1. The molecule has 2 aromatic carbocycles. The number of rotatable bonds is 10. The number of hydrogen-bond acceptors (Lipinski definition) is 11. The Morgan fingerprint density at radius 1 is 1.00 bits per heavy atom. The van der Waals surface area contributed by atoms with E-state index in [9.17, 15) is 19.5 Å². The normalized spacial score (nSPS) is 26.2. The highest BCUT2D eigenvalue weighted by atomic mass is 16.8. The van der Waals surface area contributed by atoms with Gasteiger partial charge in [0, 0.05) is 12.5 Å². The summed E-state index contributed by atoms with van der Waals surface area (Å²) in [6.07, 6.45) is -5.88. The van der Waals surface area contributed by atoms with Crippen LogP contribution in [0.4, 0.5) is 0 Å². The fourth-order valence-corrected chi connectivity index (χ4v) is 4.61. The summed E-state index contributed by atoms with van der Waals surface area (Å²) in [6.45, 7) is 2.73. The topological polar surface area (TPSA) is 157 Å². The SMILES string of the molecule is COC(=O)c1ccc(OC2OC3COC(c4ccc(OC)c(OC)c4)OC3C(OC(C)C(=O)O)C2NC(C)=O)cc1. The molecule has 0 radical (unpaired) electrons. The zero-order chi connectivity index (χ0) is 29.7. The molecule has 2 N–H and O–H groups in total. The van der Waals surface area contributed by atoms with E-state index in [1.807, 2.05) is 0 Å².